The van der Waals surface area contributed by atoms with E-state index < -0.39 is 15.6 Å². The molecule has 0 saturated carbocycles. The van der Waals surface area contributed by atoms with Crippen molar-refractivity contribution in [2.75, 3.05) is 19.8 Å². The van der Waals surface area contributed by atoms with Crippen LogP contribution in [0.2, 0.25) is 5.02 Å². The normalized spacial score (nSPS) is 24.3. The van der Waals surface area contributed by atoms with E-state index in [2.05, 4.69) is 4.72 Å². The van der Waals surface area contributed by atoms with Gasteiger partial charge in [-0.1, -0.05) is 17.7 Å². The fraction of sp³-hybridized carbons (Fsp3) is 0.455. The van der Waals surface area contributed by atoms with Crippen LogP contribution in [0.15, 0.2) is 29.2 Å². The van der Waals surface area contributed by atoms with Gasteiger partial charge in [0.1, 0.15) is 5.60 Å². The summed E-state index contributed by atoms with van der Waals surface area (Å²) in [6.07, 6.45) is 0.422. The lowest BCUT2D eigenvalue weighted by molar-refractivity contribution is 0.0314. The topological polar surface area (TPSA) is 75.6 Å². The number of sulfonamides is 1. The predicted octanol–water partition coefficient (Wildman–Crippen LogP) is 0.770. The van der Waals surface area contributed by atoms with Crippen molar-refractivity contribution in [2.45, 2.75) is 16.9 Å². The Morgan fingerprint density at radius 3 is 2.89 bits per heavy atom. The molecule has 1 aliphatic rings. The molecule has 1 heterocycles. The highest BCUT2D eigenvalue weighted by Gasteiger charge is 2.33. The fourth-order valence-electron chi connectivity index (χ4n) is 1.68. The monoisotopic (exact) mass is 291 g/mol. The van der Waals surface area contributed by atoms with Gasteiger partial charge in [0.15, 0.2) is 0 Å². The van der Waals surface area contributed by atoms with Gasteiger partial charge in [-0.3, -0.25) is 0 Å². The molecule has 7 heteroatoms. The third-order valence-electron chi connectivity index (χ3n) is 2.78. The first-order chi connectivity index (χ1) is 8.41. The molecule has 1 fully saturated rings. The van der Waals surface area contributed by atoms with Gasteiger partial charge < -0.3 is 9.84 Å². The second kappa shape index (κ2) is 5.14. The van der Waals surface area contributed by atoms with Gasteiger partial charge in [-0.25, -0.2) is 13.1 Å². The minimum absolute atomic E-state index is 0.0676. The molecule has 0 amide bonds. The average molecular weight is 292 g/mol. The molecule has 18 heavy (non-hydrogen) atoms. The van der Waals surface area contributed by atoms with Crippen molar-refractivity contribution in [2.24, 2.45) is 0 Å². The molecule has 2 rings (SSSR count). The molecule has 100 valence electrons. The molecular weight excluding hydrogens is 278 g/mol. The maximum Gasteiger partial charge on any atom is 0.240 e. The zero-order valence-electron chi connectivity index (χ0n) is 9.60. The molecule has 0 bridgehead atoms. The van der Waals surface area contributed by atoms with Crippen LogP contribution >= 0.6 is 11.6 Å². The van der Waals surface area contributed by atoms with Crippen LogP contribution in [0.3, 0.4) is 0 Å². The first kappa shape index (κ1) is 13.8. The minimum Gasteiger partial charge on any atom is -0.386 e. The molecule has 0 aliphatic carbocycles. The Morgan fingerprint density at radius 1 is 1.50 bits per heavy atom. The average Bonchev–Trinajstić information content (AvgIpc) is 2.75. The highest BCUT2D eigenvalue weighted by molar-refractivity contribution is 7.89. The Morgan fingerprint density at radius 2 is 2.28 bits per heavy atom. The van der Waals surface area contributed by atoms with Crippen LogP contribution in [0, 0.1) is 0 Å². The number of hydrogen-bond donors (Lipinski definition) is 2. The van der Waals surface area contributed by atoms with Crippen molar-refractivity contribution in [3.05, 3.63) is 29.3 Å². The van der Waals surface area contributed by atoms with E-state index >= 15 is 0 Å². The standard InChI is InChI=1S/C11H14ClNO4S/c12-9-2-1-3-10(6-9)18(15,16)13-7-11(14)4-5-17-8-11/h1-3,6,13-14H,4-5,7-8H2/t11-/m1/s1. The summed E-state index contributed by atoms with van der Waals surface area (Å²) in [7, 11) is -3.66. The number of rotatable bonds is 4. The highest BCUT2D eigenvalue weighted by Crippen LogP contribution is 2.19. The Hall–Kier alpha value is -0.660. The summed E-state index contributed by atoms with van der Waals surface area (Å²) in [5.41, 5.74) is -1.12. The SMILES string of the molecule is O=S(=O)(NC[C@]1(O)CCOC1)c1cccc(Cl)c1. The van der Waals surface area contributed by atoms with Crippen LogP contribution in [-0.4, -0.2) is 38.9 Å². The quantitative estimate of drug-likeness (QED) is 0.859. The molecule has 0 radical (unpaired) electrons. The molecular formula is C11H14ClNO4S. The maximum absolute atomic E-state index is 12.0. The zero-order chi connectivity index (χ0) is 13.2. The Bertz CT molecular complexity index is 526. The van der Waals surface area contributed by atoms with E-state index in [0.29, 0.717) is 18.1 Å². The third kappa shape index (κ3) is 3.21. The van der Waals surface area contributed by atoms with Gasteiger partial charge >= 0.3 is 0 Å². The highest BCUT2D eigenvalue weighted by atomic mass is 35.5. The van der Waals surface area contributed by atoms with Crippen LogP contribution in [0.5, 0.6) is 0 Å². The van der Waals surface area contributed by atoms with Crippen LogP contribution in [0.4, 0.5) is 0 Å². The van der Waals surface area contributed by atoms with Gasteiger partial charge in [0.2, 0.25) is 10.0 Å². The lowest BCUT2D eigenvalue weighted by atomic mass is 10.1. The van der Waals surface area contributed by atoms with Crippen molar-refractivity contribution >= 4 is 21.6 Å². The lowest BCUT2D eigenvalue weighted by Gasteiger charge is -2.20. The smallest absolute Gasteiger partial charge is 0.240 e. The van der Waals surface area contributed by atoms with E-state index in [-0.39, 0.29) is 18.0 Å². The fourth-order valence-corrected chi connectivity index (χ4v) is 3.10. The third-order valence-corrected chi connectivity index (χ3v) is 4.41. The van der Waals surface area contributed by atoms with Gasteiger partial charge in [0.05, 0.1) is 11.5 Å². The second-order valence-electron chi connectivity index (χ2n) is 4.31. The summed E-state index contributed by atoms with van der Waals surface area (Å²) in [5.74, 6) is 0. The van der Waals surface area contributed by atoms with E-state index in [1.165, 1.54) is 12.1 Å². The van der Waals surface area contributed by atoms with Crippen molar-refractivity contribution in [1.82, 2.24) is 4.72 Å². The molecule has 1 atom stereocenters. The number of hydrogen-bond acceptors (Lipinski definition) is 4. The molecule has 0 spiro atoms. The van der Waals surface area contributed by atoms with E-state index in [9.17, 15) is 13.5 Å². The molecule has 0 unspecified atom stereocenters. The van der Waals surface area contributed by atoms with Crippen LogP contribution in [0.1, 0.15) is 6.42 Å². The van der Waals surface area contributed by atoms with Crippen LogP contribution < -0.4 is 4.72 Å². The van der Waals surface area contributed by atoms with Crippen LogP contribution in [-0.2, 0) is 14.8 Å². The van der Waals surface area contributed by atoms with Crippen molar-refractivity contribution in [3.63, 3.8) is 0 Å². The van der Waals surface area contributed by atoms with Gasteiger partial charge in [-0.15, -0.1) is 0 Å². The molecule has 1 aliphatic heterocycles. The first-order valence-corrected chi connectivity index (χ1v) is 7.33. The van der Waals surface area contributed by atoms with Gasteiger partial charge in [0.25, 0.3) is 0 Å². The van der Waals surface area contributed by atoms with Crippen molar-refractivity contribution in [3.8, 4) is 0 Å². The summed E-state index contributed by atoms with van der Waals surface area (Å²) in [6, 6.07) is 5.96. The number of halogens is 1. The van der Waals surface area contributed by atoms with E-state index in [0.717, 1.165) is 0 Å². The second-order valence-corrected chi connectivity index (χ2v) is 6.51. The summed E-state index contributed by atoms with van der Waals surface area (Å²) in [4.78, 5) is 0.0810. The molecule has 1 aromatic carbocycles. The maximum atomic E-state index is 12.0. The van der Waals surface area contributed by atoms with Crippen molar-refractivity contribution < 1.29 is 18.3 Å². The van der Waals surface area contributed by atoms with E-state index in [1.807, 2.05) is 0 Å². The Balaban J connectivity index is 2.08. The molecule has 5 nitrogen and oxygen atoms in total. The molecule has 2 N–H and O–H groups in total. The van der Waals surface area contributed by atoms with E-state index in [1.54, 1.807) is 12.1 Å². The number of aliphatic hydroxyl groups is 1. The summed E-state index contributed by atoms with van der Waals surface area (Å²) >= 11 is 5.74. The lowest BCUT2D eigenvalue weighted by Crippen LogP contribution is -2.43. The largest absolute Gasteiger partial charge is 0.386 e. The van der Waals surface area contributed by atoms with Crippen molar-refractivity contribution in [1.29, 1.82) is 0 Å². The molecule has 0 aromatic heterocycles. The molecule has 1 saturated heterocycles. The Labute approximate surface area is 111 Å². The first-order valence-electron chi connectivity index (χ1n) is 5.47. The number of nitrogens with one attached hydrogen (secondary N) is 1. The number of ether oxygens (including phenoxy) is 1. The van der Waals surface area contributed by atoms with Gasteiger partial charge in [-0.2, -0.15) is 0 Å². The Kier molecular flexibility index (Phi) is 3.93. The van der Waals surface area contributed by atoms with Crippen LogP contribution in [0.25, 0.3) is 0 Å². The van der Waals surface area contributed by atoms with Gasteiger partial charge in [0, 0.05) is 24.6 Å². The minimum atomic E-state index is -3.66. The van der Waals surface area contributed by atoms with Gasteiger partial charge in [-0.05, 0) is 18.2 Å². The summed E-state index contributed by atoms with van der Waals surface area (Å²) in [6.45, 7) is 0.516. The predicted molar refractivity (Wildman–Crippen MR) is 67.0 cm³/mol. The summed E-state index contributed by atoms with van der Waals surface area (Å²) < 4.78 is 31.3. The summed E-state index contributed by atoms with van der Waals surface area (Å²) in [5, 5.41) is 10.3. The zero-order valence-corrected chi connectivity index (χ0v) is 11.2. The molecule has 1 aromatic rings. The number of benzene rings is 1. The van der Waals surface area contributed by atoms with E-state index in [4.69, 9.17) is 16.3 Å².